The van der Waals surface area contributed by atoms with Gasteiger partial charge in [0.1, 0.15) is 29.9 Å². The molecular weight excluding hydrogens is 375 g/mol. The van der Waals surface area contributed by atoms with Gasteiger partial charge in [-0.1, -0.05) is 17.7 Å². The number of aromatic amines is 1. The highest BCUT2D eigenvalue weighted by atomic mass is 35.5. The van der Waals surface area contributed by atoms with Gasteiger partial charge >= 0.3 is 6.09 Å². The number of hydrogen-bond acceptors (Lipinski definition) is 5. The molecule has 1 aromatic carbocycles. The molecule has 27 heavy (non-hydrogen) atoms. The van der Waals surface area contributed by atoms with Crippen molar-refractivity contribution in [2.75, 3.05) is 19.7 Å². The summed E-state index contributed by atoms with van der Waals surface area (Å²) in [5, 5.41) is 0.0291. The predicted octanol–water partition coefficient (Wildman–Crippen LogP) is 3.46. The van der Waals surface area contributed by atoms with Gasteiger partial charge in [-0.2, -0.15) is 0 Å². The number of hydrogen-bond donors (Lipinski definition) is 1. The van der Waals surface area contributed by atoms with E-state index in [0.717, 1.165) is 5.52 Å². The minimum Gasteiger partial charge on any atom is -0.445 e. The summed E-state index contributed by atoms with van der Waals surface area (Å²) in [4.78, 5) is 25.7. The topological polar surface area (TPSA) is 80.3 Å². The van der Waals surface area contributed by atoms with Gasteiger partial charge in [0.25, 0.3) is 0 Å². The number of pyridine rings is 1. The second kappa shape index (κ2) is 7.50. The van der Waals surface area contributed by atoms with Crippen LogP contribution in [0.2, 0.25) is 5.02 Å². The summed E-state index contributed by atoms with van der Waals surface area (Å²) in [5.74, 6) is 0.0659. The Balaban J connectivity index is 1.39. The number of carbonyl (C=O) groups excluding carboxylic acids is 1. The minimum atomic E-state index is -0.546. The Bertz CT molecular complexity index is 947. The van der Waals surface area contributed by atoms with Crippen LogP contribution in [-0.4, -0.2) is 45.6 Å². The standard InChI is InChI=1S/C18H16ClFN4O3/c19-12-4-3-11(8-13(12)20)10-27-18(25)24-6-7-26-15(9-24)17-22-14-2-1-5-21-16(14)23-17/h1-5,8,15H,6-7,9-10H2,(H,21,22,23)/t15-/m0/s1. The van der Waals surface area contributed by atoms with Crippen molar-refractivity contribution in [1.29, 1.82) is 0 Å². The second-order valence-electron chi connectivity index (χ2n) is 6.10. The molecule has 0 aliphatic carbocycles. The highest BCUT2D eigenvalue weighted by molar-refractivity contribution is 6.30. The van der Waals surface area contributed by atoms with E-state index < -0.39 is 18.0 Å². The highest BCUT2D eigenvalue weighted by Gasteiger charge is 2.28. The molecule has 3 heterocycles. The first-order valence-electron chi connectivity index (χ1n) is 8.38. The van der Waals surface area contributed by atoms with Crippen LogP contribution in [-0.2, 0) is 16.1 Å². The van der Waals surface area contributed by atoms with Crippen molar-refractivity contribution in [2.45, 2.75) is 12.7 Å². The maximum absolute atomic E-state index is 13.5. The van der Waals surface area contributed by atoms with E-state index in [0.29, 0.717) is 36.7 Å². The van der Waals surface area contributed by atoms with Crippen LogP contribution in [0.25, 0.3) is 11.2 Å². The molecule has 1 fully saturated rings. The number of amides is 1. The first kappa shape index (κ1) is 17.7. The van der Waals surface area contributed by atoms with E-state index in [-0.39, 0.29) is 11.6 Å². The van der Waals surface area contributed by atoms with E-state index in [4.69, 9.17) is 21.1 Å². The number of benzene rings is 1. The zero-order valence-electron chi connectivity index (χ0n) is 14.2. The van der Waals surface area contributed by atoms with Crippen LogP contribution in [0.15, 0.2) is 36.5 Å². The number of nitrogens with zero attached hydrogens (tertiary/aromatic N) is 3. The van der Waals surface area contributed by atoms with Gasteiger partial charge < -0.3 is 19.4 Å². The van der Waals surface area contributed by atoms with Gasteiger partial charge in [0, 0.05) is 12.7 Å². The molecular formula is C18H16ClFN4O3. The number of ether oxygens (including phenoxy) is 2. The van der Waals surface area contributed by atoms with Crippen LogP contribution in [0.4, 0.5) is 9.18 Å². The Kier molecular flexibility index (Phi) is 4.91. The summed E-state index contributed by atoms with van der Waals surface area (Å²) >= 11 is 5.65. The first-order valence-corrected chi connectivity index (χ1v) is 8.76. The molecule has 9 heteroatoms. The van der Waals surface area contributed by atoms with Crippen LogP contribution in [0, 0.1) is 5.82 Å². The van der Waals surface area contributed by atoms with E-state index >= 15 is 0 Å². The lowest BCUT2D eigenvalue weighted by atomic mass is 10.2. The van der Waals surface area contributed by atoms with E-state index in [2.05, 4.69) is 15.0 Å². The number of nitrogens with one attached hydrogen (secondary N) is 1. The van der Waals surface area contributed by atoms with Crippen molar-refractivity contribution in [3.05, 3.63) is 58.8 Å². The molecule has 1 N–H and O–H groups in total. The van der Waals surface area contributed by atoms with Crippen molar-refractivity contribution in [3.63, 3.8) is 0 Å². The summed E-state index contributed by atoms with van der Waals surface area (Å²) < 4.78 is 24.5. The fraction of sp³-hybridized carbons (Fsp3) is 0.278. The van der Waals surface area contributed by atoms with Crippen molar-refractivity contribution in [2.24, 2.45) is 0 Å². The molecule has 1 atom stereocenters. The molecule has 140 valence electrons. The Hall–Kier alpha value is -2.71. The fourth-order valence-electron chi connectivity index (χ4n) is 2.86. The van der Waals surface area contributed by atoms with Crippen LogP contribution < -0.4 is 0 Å². The summed E-state index contributed by atoms with van der Waals surface area (Å²) in [6.07, 6.45) is 0.788. The zero-order valence-corrected chi connectivity index (χ0v) is 14.9. The Morgan fingerprint density at radius 1 is 1.44 bits per heavy atom. The number of H-pyrrole nitrogens is 1. The third-order valence-electron chi connectivity index (χ3n) is 4.25. The maximum atomic E-state index is 13.5. The number of carbonyl (C=O) groups is 1. The number of morpholine rings is 1. The SMILES string of the molecule is O=C(OCc1ccc(Cl)c(F)c1)N1CCO[C@H](c2nc3cccnc3[nH]2)C1. The van der Waals surface area contributed by atoms with Gasteiger partial charge in [-0.25, -0.2) is 19.2 Å². The lowest BCUT2D eigenvalue weighted by molar-refractivity contribution is -0.0330. The van der Waals surface area contributed by atoms with Crippen molar-refractivity contribution < 1.29 is 18.7 Å². The fourth-order valence-corrected chi connectivity index (χ4v) is 2.98. The number of halogens is 2. The quantitative estimate of drug-likeness (QED) is 0.740. The third kappa shape index (κ3) is 3.86. The van der Waals surface area contributed by atoms with Gasteiger partial charge in [-0.3, -0.25) is 0 Å². The van der Waals surface area contributed by atoms with Gasteiger partial charge in [0.2, 0.25) is 0 Å². The molecule has 7 nitrogen and oxygen atoms in total. The largest absolute Gasteiger partial charge is 0.445 e. The van der Waals surface area contributed by atoms with E-state index in [1.54, 1.807) is 23.2 Å². The molecule has 1 aliphatic heterocycles. The van der Waals surface area contributed by atoms with Crippen LogP contribution in [0.3, 0.4) is 0 Å². The molecule has 1 amide bonds. The van der Waals surface area contributed by atoms with Gasteiger partial charge in [-0.05, 0) is 29.8 Å². The second-order valence-corrected chi connectivity index (χ2v) is 6.51. The molecule has 2 aromatic heterocycles. The summed E-state index contributed by atoms with van der Waals surface area (Å²) in [6.45, 7) is 1.03. The maximum Gasteiger partial charge on any atom is 0.410 e. The van der Waals surface area contributed by atoms with Crippen molar-refractivity contribution in [1.82, 2.24) is 19.9 Å². The molecule has 3 aromatic rings. The molecule has 0 saturated carbocycles. The lowest BCUT2D eigenvalue weighted by Gasteiger charge is -2.31. The molecule has 1 saturated heterocycles. The molecule has 1 aliphatic rings. The molecule has 0 bridgehead atoms. The third-order valence-corrected chi connectivity index (χ3v) is 4.56. The molecule has 0 spiro atoms. The Labute approximate surface area is 159 Å². The average Bonchev–Trinajstić information content (AvgIpc) is 3.13. The van der Waals surface area contributed by atoms with Gasteiger partial charge in [0.05, 0.1) is 18.2 Å². The first-order chi connectivity index (χ1) is 13.1. The molecule has 4 rings (SSSR count). The van der Waals surface area contributed by atoms with Gasteiger partial charge in [0.15, 0.2) is 5.65 Å². The van der Waals surface area contributed by atoms with E-state index in [9.17, 15) is 9.18 Å². The minimum absolute atomic E-state index is 0.0291. The Morgan fingerprint density at radius 2 is 2.33 bits per heavy atom. The lowest BCUT2D eigenvalue weighted by Crippen LogP contribution is -2.42. The number of fused-ring (bicyclic) bond motifs is 1. The van der Waals surface area contributed by atoms with Gasteiger partial charge in [-0.15, -0.1) is 0 Å². The average molecular weight is 391 g/mol. The van der Waals surface area contributed by atoms with Crippen LogP contribution >= 0.6 is 11.6 Å². The number of aromatic nitrogens is 3. The highest BCUT2D eigenvalue weighted by Crippen LogP contribution is 2.23. The Morgan fingerprint density at radius 3 is 3.15 bits per heavy atom. The van der Waals surface area contributed by atoms with Crippen LogP contribution in [0.5, 0.6) is 0 Å². The van der Waals surface area contributed by atoms with Crippen molar-refractivity contribution in [3.8, 4) is 0 Å². The summed E-state index contributed by atoms with van der Waals surface area (Å²) in [7, 11) is 0. The predicted molar refractivity (Wildman–Crippen MR) is 95.7 cm³/mol. The molecule has 0 radical (unpaired) electrons. The number of imidazole rings is 1. The van der Waals surface area contributed by atoms with Crippen molar-refractivity contribution >= 4 is 28.9 Å². The van der Waals surface area contributed by atoms with E-state index in [1.165, 1.54) is 12.1 Å². The van der Waals surface area contributed by atoms with Crippen LogP contribution in [0.1, 0.15) is 17.5 Å². The number of rotatable bonds is 3. The normalized spacial score (nSPS) is 17.3. The molecule has 0 unspecified atom stereocenters. The summed E-state index contributed by atoms with van der Waals surface area (Å²) in [6, 6.07) is 7.95. The smallest absolute Gasteiger partial charge is 0.410 e. The summed E-state index contributed by atoms with van der Waals surface area (Å²) in [5.41, 5.74) is 1.93. The monoisotopic (exact) mass is 390 g/mol. The zero-order chi connectivity index (χ0) is 18.8. The van der Waals surface area contributed by atoms with E-state index in [1.807, 2.05) is 6.07 Å².